The molecule has 0 bridgehead atoms. The number of nitrogens with one attached hydrogen (secondary N) is 1. The third-order valence-corrected chi connectivity index (χ3v) is 5.04. The van der Waals surface area contributed by atoms with E-state index in [1.807, 2.05) is 0 Å². The van der Waals surface area contributed by atoms with Gasteiger partial charge in [-0.2, -0.15) is 13.2 Å². The maximum atomic E-state index is 12.9. The molecule has 1 aliphatic rings. The van der Waals surface area contributed by atoms with Gasteiger partial charge >= 0.3 is 6.18 Å². The number of nitro groups is 1. The summed E-state index contributed by atoms with van der Waals surface area (Å²) in [5.74, 6) is 0.128. The Kier molecular flexibility index (Phi) is 6.14. The van der Waals surface area contributed by atoms with Crippen molar-refractivity contribution in [2.24, 2.45) is 5.92 Å². The van der Waals surface area contributed by atoms with Gasteiger partial charge in [0.05, 0.1) is 17.6 Å². The molecular formula is C20H20F3N3O4. The molecule has 0 radical (unpaired) electrons. The molecule has 160 valence electrons. The van der Waals surface area contributed by atoms with E-state index in [0.29, 0.717) is 43.4 Å². The Balaban J connectivity index is 1.67. The second-order valence-electron chi connectivity index (χ2n) is 6.94. The van der Waals surface area contributed by atoms with E-state index >= 15 is 0 Å². The molecule has 0 saturated carbocycles. The first-order chi connectivity index (χ1) is 14.2. The molecule has 2 aromatic rings. The van der Waals surface area contributed by atoms with Crippen LogP contribution in [0.2, 0.25) is 0 Å². The number of carbonyl (C=O) groups excluding carboxylic acids is 1. The largest absolute Gasteiger partial charge is 0.497 e. The standard InChI is InChI=1S/C20H20F3N3O4/c1-30-16-4-2-3-15(12-16)24-19(27)13-7-9-25(10-8-13)17-6-5-14(20(21,22)23)11-18(17)26(28)29/h2-6,11-13H,7-10H2,1H3,(H,24,27). The van der Waals surface area contributed by atoms with Gasteiger partial charge in [-0.05, 0) is 37.1 Å². The van der Waals surface area contributed by atoms with Crippen LogP contribution in [0.1, 0.15) is 18.4 Å². The van der Waals surface area contributed by atoms with Crippen LogP contribution in [0, 0.1) is 16.0 Å². The number of amides is 1. The van der Waals surface area contributed by atoms with Crippen molar-refractivity contribution in [3.05, 3.63) is 58.1 Å². The van der Waals surface area contributed by atoms with Crippen LogP contribution in [0.5, 0.6) is 5.75 Å². The molecule has 1 saturated heterocycles. The number of alkyl halides is 3. The van der Waals surface area contributed by atoms with E-state index in [2.05, 4.69) is 5.32 Å². The zero-order chi connectivity index (χ0) is 21.9. The van der Waals surface area contributed by atoms with Crippen molar-refractivity contribution < 1.29 is 27.6 Å². The zero-order valence-corrected chi connectivity index (χ0v) is 16.1. The number of carbonyl (C=O) groups is 1. The summed E-state index contributed by atoms with van der Waals surface area (Å²) in [6, 6.07) is 9.45. The Morgan fingerprint density at radius 3 is 2.50 bits per heavy atom. The lowest BCUT2D eigenvalue weighted by Crippen LogP contribution is -2.38. The van der Waals surface area contributed by atoms with E-state index in [1.54, 1.807) is 29.2 Å². The first kappa shape index (κ1) is 21.4. The molecule has 1 N–H and O–H groups in total. The van der Waals surface area contributed by atoms with Crippen LogP contribution in [0.25, 0.3) is 0 Å². The molecule has 0 aliphatic carbocycles. The van der Waals surface area contributed by atoms with E-state index < -0.39 is 22.4 Å². The van der Waals surface area contributed by atoms with Crippen molar-refractivity contribution in [2.75, 3.05) is 30.4 Å². The number of methoxy groups -OCH3 is 1. The van der Waals surface area contributed by atoms with Gasteiger partial charge in [0.1, 0.15) is 11.4 Å². The summed E-state index contributed by atoms with van der Waals surface area (Å²) in [6.45, 7) is 0.644. The Hall–Kier alpha value is -3.30. The summed E-state index contributed by atoms with van der Waals surface area (Å²) >= 11 is 0. The SMILES string of the molecule is COc1cccc(NC(=O)C2CCN(c3ccc(C(F)(F)F)cc3[N+](=O)[O-])CC2)c1. The number of hydrogen-bond acceptors (Lipinski definition) is 5. The number of benzene rings is 2. The fourth-order valence-electron chi connectivity index (χ4n) is 3.44. The highest BCUT2D eigenvalue weighted by atomic mass is 19.4. The van der Waals surface area contributed by atoms with Gasteiger partial charge in [-0.1, -0.05) is 6.07 Å². The summed E-state index contributed by atoms with van der Waals surface area (Å²) in [6.07, 6.45) is -3.81. The second kappa shape index (κ2) is 8.60. The molecule has 0 atom stereocenters. The van der Waals surface area contributed by atoms with E-state index in [4.69, 9.17) is 4.74 Å². The minimum Gasteiger partial charge on any atom is -0.497 e. The highest BCUT2D eigenvalue weighted by molar-refractivity contribution is 5.93. The predicted octanol–water partition coefficient (Wildman–Crippen LogP) is 4.48. The molecule has 1 amide bonds. The molecule has 2 aromatic carbocycles. The molecule has 0 unspecified atom stereocenters. The zero-order valence-electron chi connectivity index (χ0n) is 16.1. The van der Waals surface area contributed by atoms with Gasteiger partial charge in [-0.3, -0.25) is 14.9 Å². The van der Waals surface area contributed by atoms with Crippen molar-refractivity contribution >= 4 is 23.0 Å². The summed E-state index contributed by atoms with van der Waals surface area (Å²) in [7, 11) is 1.52. The number of hydrogen-bond donors (Lipinski definition) is 1. The topological polar surface area (TPSA) is 84.7 Å². The van der Waals surface area contributed by atoms with Gasteiger partial charge in [0, 0.05) is 36.8 Å². The Morgan fingerprint density at radius 2 is 1.90 bits per heavy atom. The summed E-state index contributed by atoms with van der Waals surface area (Å²) in [4.78, 5) is 24.7. The normalized spacial score (nSPS) is 15.0. The quantitative estimate of drug-likeness (QED) is 0.566. The third kappa shape index (κ3) is 4.81. The van der Waals surface area contributed by atoms with Gasteiger partial charge in [0.15, 0.2) is 0 Å². The fourth-order valence-corrected chi connectivity index (χ4v) is 3.44. The van der Waals surface area contributed by atoms with Crippen LogP contribution in [0.15, 0.2) is 42.5 Å². The molecule has 0 spiro atoms. The molecule has 1 aliphatic heterocycles. The Bertz CT molecular complexity index is 941. The second-order valence-corrected chi connectivity index (χ2v) is 6.94. The van der Waals surface area contributed by atoms with Gasteiger partial charge in [0.25, 0.3) is 5.69 Å². The number of nitro benzene ring substituents is 1. The van der Waals surface area contributed by atoms with Gasteiger partial charge in [-0.25, -0.2) is 0 Å². The number of nitrogens with zero attached hydrogens (tertiary/aromatic N) is 2. The van der Waals surface area contributed by atoms with Crippen LogP contribution >= 0.6 is 0 Å². The van der Waals surface area contributed by atoms with Gasteiger partial charge in [0.2, 0.25) is 5.91 Å². The monoisotopic (exact) mass is 423 g/mol. The minimum atomic E-state index is -4.66. The van der Waals surface area contributed by atoms with E-state index in [-0.39, 0.29) is 17.5 Å². The highest BCUT2D eigenvalue weighted by Gasteiger charge is 2.34. The number of rotatable bonds is 5. The smallest absolute Gasteiger partial charge is 0.416 e. The first-order valence-corrected chi connectivity index (χ1v) is 9.24. The number of halogens is 3. The molecule has 0 aromatic heterocycles. The fraction of sp³-hybridized carbons (Fsp3) is 0.350. The molecule has 10 heteroatoms. The van der Waals surface area contributed by atoms with Crippen LogP contribution < -0.4 is 15.0 Å². The number of ether oxygens (including phenoxy) is 1. The van der Waals surface area contributed by atoms with E-state index in [0.717, 1.165) is 12.1 Å². The summed E-state index contributed by atoms with van der Waals surface area (Å²) in [5.41, 5.74) is -0.936. The Morgan fingerprint density at radius 1 is 1.20 bits per heavy atom. The summed E-state index contributed by atoms with van der Waals surface area (Å²) < 4.78 is 43.8. The van der Waals surface area contributed by atoms with Gasteiger partial charge in [-0.15, -0.1) is 0 Å². The van der Waals surface area contributed by atoms with Crippen molar-refractivity contribution in [1.29, 1.82) is 0 Å². The highest BCUT2D eigenvalue weighted by Crippen LogP contribution is 2.37. The van der Waals surface area contributed by atoms with Crippen molar-refractivity contribution in [3.63, 3.8) is 0 Å². The molecule has 30 heavy (non-hydrogen) atoms. The molecule has 1 fully saturated rings. The predicted molar refractivity (Wildman–Crippen MR) is 105 cm³/mol. The van der Waals surface area contributed by atoms with Crippen molar-refractivity contribution in [2.45, 2.75) is 19.0 Å². The van der Waals surface area contributed by atoms with Crippen molar-refractivity contribution in [3.8, 4) is 5.75 Å². The molecular weight excluding hydrogens is 403 g/mol. The minimum absolute atomic E-state index is 0.125. The maximum absolute atomic E-state index is 12.9. The first-order valence-electron chi connectivity index (χ1n) is 9.24. The van der Waals surface area contributed by atoms with E-state index in [9.17, 15) is 28.1 Å². The molecule has 1 heterocycles. The lowest BCUT2D eigenvalue weighted by Gasteiger charge is -2.32. The van der Waals surface area contributed by atoms with Crippen molar-refractivity contribution in [1.82, 2.24) is 0 Å². The number of piperidine rings is 1. The van der Waals surface area contributed by atoms with Crippen LogP contribution in [0.4, 0.5) is 30.2 Å². The lowest BCUT2D eigenvalue weighted by atomic mass is 9.95. The molecule has 3 rings (SSSR count). The number of anilines is 2. The Labute approximate surface area is 170 Å². The average Bonchev–Trinajstić information content (AvgIpc) is 2.73. The average molecular weight is 423 g/mol. The van der Waals surface area contributed by atoms with Crippen LogP contribution in [-0.2, 0) is 11.0 Å². The third-order valence-electron chi connectivity index (χ3n) is 5.04. The lowest BCUT2D eigenvalue weighted by molar-refractivity contribution is -0.384. The van der Waals surface area contributed by atoms with Crippen LogP contribution in [0.3, 0.4) is 0 Å². The maximum Gasteiger partial charge on any atom is 0.416 e. The molecule has 7 nitrogen and oxygen atoms in total. The van der Waals surface area contributed by atoms with E-state index in [1.165, 1.54) is 7.11 Å². The van der Waals surface area contributed by atoms with Crippen LogP contribution in [-0.4, -0.2) is 31.0 Å². The summed E-state index contributed by atoms with van der Waals surface area (Å²) in [5, 5.41) is 14.1. The van der Waals surface area contributed by atoms with Gasteiger partial charge < -0.3 is 15.0 Å².